The Balaban J connectivity index is 1.47. The first-order valence-electron chi connectivity index (χ1n) is 10.5. The van der Waals surface area contributed by atoms with Gasteiger partial charge in [-0.3, -0.25) is 14.5 Å². The number of aryl methyl sites for hydroxylation is 1. The van der Waals surface area contributed by atoms with E-state index in [2.05, 4.69) is 27.6 Å². The average Bonchev–Trinajstić information content (AvgIpc) is 3.31. The van der Waals surface area contributed by atoms with Gasteiger partial charge in [0.15, 0.2) is 5.96 Å². The van der Waals surface area contributed by atoms with Crippen LogP contribution in [0.5, 0.6) is 0 Å². The molecule has 0 radical (unpaired) electrons. The Kier molecular flexibility index (Phi) is 7.12. The molecule has 1 saturated heterocycles. The van der Waals surface area contributed by atoms with Crippen LogP contribution in [0.25, 0.3) is 0 Å². The fraction of sp³-hybridized carbons (Fsp3) is 0.750. The molecule has 2 fully saturated rings. The van der Waals surface area contributed by atoms with E-state index in [1.807, 2.05) is 24.1 Å². The molecule has 2 N–H and O–H groups in total. The lowest BCUT2D eigenvalue weighted by Gasteiger charge is -2.26. The van der Waals surface area contributed by atoms with E-state index in [1.165, 1.54) is 24.8 Å². The Morgan fingerprint density at radius 2 is 2.11 bits per heavy atom. The summed E-state index contributed by atoms with van der Waals surface area (Å²) >= 11 is 0. The fourth-order valence-corrected chi connectivity index (χ4v) is 4.10. The highest BCUT2D eigenvalue weighted by Crippen LogP contribution is 2.26. The molecule has 0 aromatic carbocycles. The van der Waals surface area contributed by atoms with Crippen molar-refractivity contribution in [2.24, 2.45) is 18.0 Å². The number of rotatable bonds is 6. The molecule has 3 rings (SSSR count). The monoisotopic (exact) mass is 374 g/mol. The standard InChI is InChI=1S/C20H34N6O/c1-3-21-20(22-11-9-16-13-23-25(2)14-16)24-18-10-12-26(15-18)19(27)17-7-5-4-6-8-17/h13-14,17-18H,3-12,15H2,1-2H3,(H2,21,22,24). The second-order valence-corrected chi connectivity index (χ2v) is 7.78. The number of hydrogen-bond acceptors (Lipinski definition) is 3. The lowest BCUT2D eigenvalue weighted by Crippen LogP contribution is -2.45. The Morgan fingerprint density at radius 1 is 1.30 bits per heavy atom. The normalized spacial score (nSPS) is 21.5. The molecule has 1 unspecified atom stereocenters. The number of carbonyl (C=O) groups is 1. The van der Waals surface area contributed by atoms with E-state index in [-0.39, 0.29) is 12.0 Å². The van der Waals surface area contributed by atoms with Crippen molar-refractivity contribution in [3.8, 4) is 0 Å². The molecule has 150 valence electrons. The van der Waals surface area contributed by atoms with Crippen molar-refractivity contribution in [1.82, 2.24) is 25.3 Å². The van der Waals surface area contributed by atoms with Crippen molar-refractivity contribution in [1.29, 1.82) is 0 Å². The molecule has 0 spiro atoms. The molecule has 1 aliphatic heterocycles. The first-order chi connectivity index (χ1) is 13.2. The first-order valence-corrected chi connectivity index (χ1v) is 10.5. The van der Waals surface area contributed by atoms with Gasteiger partial charge in [0, 0.05) is 51.4 Å². The lowest BCUT2D eigenvalue weighted by molar-refractivity contribution is -0.135. The van der Waals surface area contributed by atoms with Crippen LogP contribution >= 0.6 is 0 Å². The SMILES string of the molecule is CCNC(=NCCc1cnn(C)c1)NC1CCN(C(=O)C2CCCCC2)C1. The highest BCUT2D eigenvalue weighted by atomic mass is 16.2. The predicted molar refractivity (Wildman–Crippen MR) is 108 cm³/mol. The third kappa shape index (κ3) is 5.71. The number of aliphatic imine (C=N–C) groups is 1. The molecule has 0 bridgehead atoms. The van der Waals surface area contributed by atoms with Gasteiger partial charge in [-0.25, -0.2) is 0 Å². The van der Waals surface area contributed by atoms with Crippen molar-refractivity contribution in [3.63, 3.8) is 0 Å². The molecule has 27 heavy (non-hydrogen) atoms. The van der Waals surface area contributed by atoms with Gasteiger partial charge in [0.25, 0.3) is 0 Å². The predicted octanol–water partition coefficient (Wildman–Crippen LogP) is 1.70. The summed E-state index contributed by atoms with van der Waals surface area (Å²) in [5, 5.41) is 11.0. The smallest absolute Gasteiger partial charge is 0.225 e. The average molecular weight is 375 g/mol. The topological polar surface area (TPSA) is 74.6 Å². The zero-order chi connectivity index (χ0) is 19.1. The lowest BCUT2D eigenvalue weighted by atomic mass is 9.88. The molecule has 7 nitrogen and oxygen atoms in total. The Hall–Kier alpha value is -2.05. The summed E-state index contributed by atoms with van der Waals surface area (Å²) in [6, 6.07) is 0.286. The summed E-state index contributed by atoms with van der Waals surface area (Å²) in [4.78, 5) is 19.5. The van der Waals surface area contributed by atoms with E-state index >= 15 is 0 Å². The molecule has 2 heterocycles. The third-order valence-electron chi connectivity index (χ3n) is 5.57. The largest absolute Gasteiger partial charge is 0.357 e. The highest BCUT2D eigenvalue weighted by Gasteiger charge is 2.31. The molecule has 1 aromatic heterocycles. The maximum absolute atomic E-state index is 12.7. The van der Waals surface area contributed by atoms with E-state index in [9.17, 15) is 4.79 Å². The number of likely N-dealkylation sites (tertiary alicyclic amines) is 1. The summed E-state index contributed by atoms with van der Waals surface area (Å²) in [7, 11) is 1.93. The number of hydrogen-bond donors (Lipinski definition) is 2. The number of nitrogens with one attached hydrogen (secondary N) is 2. The van der Waals surface area contributed by atoms with Gasteiger partial charge in [0.2, 0.25) is 5.91 Å². The molecule has 1 saturated carbocycles. The van der Waals surface area contributed by atoms with Crippen molar-refractivity contribution in [2.75, 3.05) is 26.2 Å². The van der Waals surface area contributed by atoms with Gasteiger partial charge < -0.3 is 15.5 Å². The Bertz CT molecular complexity index is 634. The molecule has 1 aliphatic carbocycles. The minimum Gasteiger partial charge on any atom is -0.357 e. The quantitative estimate of drug-likeness (QED) is 0.587. The van der Waals surface area contributed by atoms with Crippen LogP contribution in [0.4, 0.5) is 0 Å². The van der Waals surface area contributed by atoms with Crippen LogP contribution in [0.1, 0.15) is 51.0 Å². The summed E-state index contributed by atoms with van der Waals surface area (Å²) in [6.45, 7) is 5.28. The van der Waals surface area contributed by atoms with Crippen LogP contribution in [0.2, 0.25) is 0 Å². The Morgan fingerprint density at radius 3 is 2.81 bits per heavy atom. The number of guanidine groups is 1. The summed E-state index contributed by atoms with van der Waals surface area (Å²) in [5.41, 5.74) is 1.20. The number of amides is 1. The molecular weight excluding hydrogens is 340 g/mol. The van der Waals surface area contributed by atoms with Crippen LogP contribution in [0.15, 0.2) is 17.4 Å². The number of aromatic nitrogens is 2. The van der Waals surface area contributed by atoms with E-state index in [0.29, 0.717) is 5.91 Å². The highest BCUT2D eigenvalue weighted by molar-refractivity contribution is 5.81. The first kappa shape index (κ1) is 19.7. The summed E-state index contributed by atoms with van der Waals surface area (Å²) in [5.74, 6) is 1.48. The van der Waals surface area contributed by atoms with Crippen LogP contribution in [0.3, 0.4) is 0 Å². The summed E-state index contributed by atoms with van der Waals surface area (Å²) in [6.07, 6.45) is 11.6. The second-order valence-electron chi connectivity index (χ2n) is 7.78. The van der Waals surface area contributed by atoms with Crippen molar-refractivity contribution < 1.29 is 4.79 Å². The van der Waals surface area contributed by atoms with Crippen molar-refractivity contribution in [2.45, 2.75) is 57.9 Å². The maximum Gasteiger partial charge on any atom is 0.225 e. The van der Waals surface area contributed by atoms with Crippen LogP contribution in [-0.4, -0.2) is 58.8 Å². The molecule has 1 atom stereocenters. The van der Waals surface area contributed by atoms with E-state index in [4.69, 9.17) is 4.99 Å². The van der Waals surface area contributed by atoms with Crippen LogP contribution in [-0.2, 0) is 18.3 Å². The van der Waals surface area contributed by atoms with Gasteiger partial charge in [0.05, 0.1) is 6.20 Å². The zero-order valence-electron chi connectivity index (χ0n) is 16.8. The van der Waals surface area contributed by atoms with E-state index in [1.54, 1.807) is 0 Å². The molecule has 1 amide bonds. The van der Waals surface area contributed by atoms with Gasteiger partial charge in [-0.2, -0.15) is 5.10 Å². The molecular formula is C20H34N6O. The van der Waals surface area contributed by atoms with Crippen LogP contribution < -0.4 is 10.6 Å². The Labute approximate surface area is 162 Å². The van der Waals surface area contributed by atoms with Gasteiger partial charge >= 0.3 is 0 Å². The van der Waals surface area contributed by atoms with Gasteiger partial charge in [-0.1, -0.05) is 19.3 Å². The molecule has 1 aromatic rings. The minimum absolute atomic E-state index is 0.263. The maximum atomic E-state index is 12.7. The van der Waals surface area contributed by atoms with Gasteiger partial charge in [0.1, 0.15) is 0 Å². The summed E-state index contributed by atoms with van der Waals surface area (Å²) < 4.78 is 1.82. The molecule has 2 aliphatic rings. The number of carbonyl (C=O) groups excluding carboxylic acids is 1. The van der Waals surface area contributed by atoms with Crippen molar-refractivity contribution >= 4 is 11.9 Å². The van der Waals surface area contributed by atoms with E-state index < -0.39 is 0 Å². The van der Waals surface area contributed by atoms with E-state index in [0.717, 1.165) is 57.8 Å². The molecule has 7 heteroatoms. The van der Waals surface area contributed by atoms with Gasteiger partial charge in [-0.15, -0.1) is 0 Å². The minimum atomic E-state index is 0.263. The van der Waals surface area contributed by atoms with Gasteiger partial charge in [-0.05, 0) is 38.2 Å². The fourth-order valence-electron chi connectivity index (χ4n) is 4.10. The third-order valence-corrected chi connectivity index (χ3v) is 5.57. The van der Waals surface area contributed by atoms with Crippen LogP contribution in [0, 0.1) is 5.92 Å². The zero-order valence-corrected chi connectivity index (χ0v) is 16.8. The number of nitrogens with zero attached hydrogens (tertiary/aromatic N) is 4. The second kappa shape index (κ2) is 9.76. The van der Waals surface area contributed by atoms with Crippen molar-refractivity contribution in [3.05, 3.63) is 18.0 Å².